The molecule has 0 saturated carbocycles. The number of amides is 11. The smallest absolute Gasteiger partial charge is 0.243 e. The Hall–Kier alpha value is -6.15. The van der Waals surface area contributed by atoms with Gasteiger partial charge in [0.1, 0.15) is 42.0 Å². The first-order chi connectivity index (χ1) is 31.0. The number of primary amides is 3. The molecule has 0 spiro atoms. The Kier molecular flexibility index (Phi) is 23.8. The van der Waals surface area contributed by atoms with Gasteiger partial charge in [-0.1, -0.05) is 67.8 Å². The standard InChI is InChI=1S/C40H62N12O12S2/c1-5-20(4)33-40(64)48-24(10-11-29(42)54)37(61)50-27(14-30(43)55)38(62)51-28(36(60)46-16-32(57)47-25(12-19(2)3)35(59)45-15-31(44)56)18-66-65-17-23(41)34(58)49-26(39(63)52-33)13-21-6-8-22(53)9-7-21/h6-9,19-20,23-28,33,53H,5,10-18,41H2,1-4H3,(H2,42,54)(H2,43,55)(H2,44,56)(H,45,59)(H,46,60)(H,47,57)(H,48,64)(H,49,58)(H,50,61)(H,51,62)(H,52,63)/t20-,23-,24-,25-,26-,27-,28-,33-/m0/s1. The number of nitrogens with two attached hydrogens (primary N) is 4. The number of aromatic hydroxyl groups is 1. The molecule has 1 aromatic carbocycles. The predicted octanol–water partition coefficient (Wildman–Crippen LogP) is -4.48. The number of hydrogen-bond acceptors (Lipinski definition) is 15. The Morgan fingerprint density at radius 1 is 0.727 bits per heavy atom. The lowest BCUT2D eigenvalue weighted by Gasteiger charge is -2.29. The lowest BCUT2D eigenvalue weighted by atomic mass is 9.96. The summed E-state index contributed by atoms with van der Waals surface area (Å²) in [5.74, 6) is -10.9. The van der Waals surface area contributed by atoms with Crippen LogP contribution in [0, 0.1) is 11.8 Å². The van der Waals surface area contributed by atoms with Crippen LogP contribution in [0.1, 0.15) is 65.4 Å². The number of carbonyl (C=O) groups is 11. The molecule has 8 atom stereocenters. The Morgan fingerprint density at radius 3 is 1.91 bits per heavy atom. The third-order valence-corrected chi connectivity index (χ3v) is 12.4. The maximum atomic E-state index is 14.0. The molecular formula is C40H62N12O12S2. The van der Waals surface area contributed by atoms with Crippen LogP contribution in [0.5, 0.6) is 5.75 Å². The molecule has 0 bridgehead atoms. The predicted molar refractivity (Wildman–Crippen MR) is 243 cm³/mol. The van der Waals surface area contributed by atoms with Gasteiger partial charge in [-0.05, 0) is 42.4 Å². The molecule has 0 unspecified atom stereocenters. The second-order valence-corrected chi connectivity index (χ2v) is 18.5. The second kappa shape index (κ2) is 28.0. The first-order valence-corrected chi connectivity index (χ1v) is 23.5. The van der Waals surface area contributed by atoms with E-state index in [1.807, 2.05) is 0 Å². The number of rotatable bonds is 18. The van der Waals surface area contributed by atoms with Crippen LogP contribution in [-0.2, 0) is 59.2 Å². The highest BCUT2D eigenvalue weighted by Crippen LogP contribution is 2.23. The van der Waals surface area contributed by atoms with Crippen LogP contribution < -0.4 is 65.5 Å². The first kappa shape index (κ1) is 56.0. The minimum atomic E-state index is -1.76. The van der Waals surface area contributed by atoms with Crippen molar-refractivity contribution in [2.45, 2.75) is 109 Å². The van der Waals surface area contributed by atoms with Gasteiger partial charge >= 0.3 is 0 Å². The highest BCUT2D eigenvalue weighted by molar-refractivity contribution is 8.76. The molecule has 66 heavy (non-hydrogen) atoms. The van der Waals surface area contributed by atoms with E-state index >= 15 is 0 Å². The summed E-state index contributed by atoms with van der Waals surface area (Å²) in [6.45, 7) is 5.76. The maximum Gasteiger partial charge on any atom is 0.243 e. The van der Waals surface area contributed by atoms with Gasteiger partial charge in [-0.25, -0.2) is 0 Å². The molecule has 17 N–H and O–H groups in total. The lowest BCUT2D eigenvalue weighted by Crippen LogP contribution is -2.61. The van der Waals surface area contributed by atoms with Gasteiger partial charge in [-0.2, -0.15) is 0 Å². The summed E-state index contributed by atoms with van der Waals surface area (Å²) in [6.07, 6.45) is -1.27. The van der Waals surface area contributed by atoms with E-state index in [0.717, 1.165) is 21.6 Å². The van der Waals surface area contributed by atoms with Crippen LogP contribution in [-0.4, -0.2) is 137 Å². The molecule has 26 heteroatoms. The van der Waals surface area contributed by atoms with Crippen molar-refractivity contribution in [2.24, 2.45) is 34.8 Å². The van der Waals surface area contributed by atoms with Crippen LogP contribution in [0.3, 0.4) is 0 Å². The van der Waals surface area contributed by atoms with Gasteiger partial charge in [0, 0.05) is 24.3 Å². The van der Waals surface area contributed by atoms with Crippen molar-refractivity contribution in [3.8, 4) is 5.75 Å². The Bertz CT molecular complexity index is 1930. The molecule has 1 heterocycles. The molecule has 1 aliphatic rings. The van der Waals surface area contributed by atoms with E-state index in [9.17, 15) is 57.8 Å². The lowest BCUT2D eigenvalue weighted by molar-refractivity contribution is -0.136. The summed E-state index contributed by atoms with van der Waals surface area (Å²) in [5.41, 5.74) is 22.7. The van der Waals surface area contributed by atoms with Crippen LogP contribution in [0.25, 0.3) is 0 Å². The van der Waals surface area contributed by atoms with Crippen LogP contribution in [0.15, 0.2) is 24.3 Å². The molecule has 24 nitrogen and oxygen atoms in total. The summed E-state index contributed by atoms with van der Waals surface area (Å²) in [5, 5.41) is 29.5. The fourth-order valence-electron chi connectivity index (χ4n) is 6.12. The van der Waals surface area contributed by atoms with Crippen molar-refractivity contribution in [2.75, 3.05) is 24.6 Å². The van der Waals surface area contributed by atoms with Crippen LogP contribution in [0.4, 0.5) is 0 Å². The average Bonchev–Trinajstić information content (AvgIpc) is 3.24. The zero-order valence-electron chi connectivity index (χ0n) is 37.1. The van der Waals surface area contributed by atoms with Gasteiger partial charge in [0.15, 0.2) is 0 Å². The summed E-state index contributed by atoms with van der Waals surface area (Å²) in [6, 6.07) is -4.04. The molecule has 1 saturated heterocycles. The van der Waals surface area contributed by atoms with Gasteiger partial charge in [0.25, 0.3) is 0 Å². The summed E-state index contributed by atoms with van der Waals surface area (Å²) >= 11 is 0. The van der Waals surface area contributed by atoms with Gasteiger partial charge in [-0.3, -0.25) is 52.7 Å². The van der Waals surface area contributed by atoms with E-state index in [1.165, 1.54) is 24.3 Å². The monoisotopic (exact) mass is 966 g/mol. The molecule has 1 aliphatic heterocycles. The Morgan fingerprint density at radius 2 is 1.32 bits per heavy atom. The third-order valence-electron chi connectivity index (χ3n) is 9.91. The topological polar surface area (TPSA) is 408 Å². The van der Waals surface area contributed by atoms with Crippen molar-refractivity contribution >= 4 is 86.6 Å². The summed E-state index contributed by atoms with van der Waals surface area (Å²) in [4.78, 5) is 144. The van der Waals surface area contributed by atoms with E-state index < -0.39 is 146 Å². The molecule has 1 aromatic rings. The van der Waals surface area contributed by atoms with Gasteiger partial charge in [0.2, 0.25) is 65.0 Å². The number of benzene rings is 1. The number of phenols is 1. The Labute approximate surface area is 389 Å². The number of hydrogen-bond donors (Lipinski definition) is 13. The molecule has 0 aliphatic carbocycles. The van der Waals surface area contributed by atoms with Crippen molar-refractivity contribution in [1.29, 1.82) is 0 Å². The summed E-state index contributed by atoms with van der Waals surface area (Å²) in [7, 11) is 1.96. The van der Waals surface area contributed by atoms with E-state index in [2.05, 4.69) is 42.5 Å². The maximum absolute atomic E-state index is 14.0. The number of phenolic OH excluding ortho intramolecular Hbond substituents is 1. The van der Waals surface area contributed by atoms with Gasteiger partial charge in [0.05, 0.1) is 25.6 Å². The van der Waals surface area contributed by atoms with E-state index in [-0.39, 0.29) is 36.0 Å². The Balaban J connectivity index is 2.54. The first-order valence-electron chi connectivity index (χ1n) is 21.0. The average molecular weight is 967 g/mol. The van der Waals surface area contributed by atoms with Crippen molar-refractivity contribution in [1.82, 2.24) is 42.5 Å². The van der Waals surface area contributed by atoms with Crippen LogP contribution in [0.2, 0.25) is 0 Å². The second-order valence-electron chi connectivity index (χ2n) is 16.0. The largest absolute Gasteiger partial charge is 0.508 e. The van der Waals surface area contributed by atoms with E-state index in [4.69, 9.17) is 22.9 Å². The minimum absolute atomic E-state index is 0.0509. The zero-order chi connectivity index (χ0) is 49.7. The fraction of sp³-hybridized carbons (Fsp3) is 0.575. The SMILES string of the molecule is CC[C@H](C)[C@@H]1NC(=O)[C@H](Cc2ccc(O)cc2)NC(=O)[C@@H](N)CSSC[C@@H](C(=O)NCC(=O)N[C@@H](CC(C)C)C(=O)NCC(N)=O)NC(=O)[C@H](CC(N)=O)NC(=O)[C@H](CCC(N)=O)NC1=O. The molecule has 2 rings (SSSR count). The molecule has 1 fully saturated rings. The van der Waals surface area contributed by atoms with Crippen LogP contribution >= 0.6 is 21.6 Å². The summed E-state index contributed by atoms with van der Waals surface area (Å²) < 4.78 is 0. The van der Waals surface area contributed by atoms with Gasteiger partial charge in [-0.15, -0.1) is 0 Å². The van der Waals surface area contributed by atoms with Crippen molar-refractivity contribution in [3.63, 3.8) is 0 Å². The fourth-order valence-corrected chi connectivity index (χ4v) is 8.40. The van der Waals surface area contributed by atoms with E-state index in [1.54, 1.807) is 27.7 Å². The third kappa shape index (κ3) is 20.4. The number of carbonyl (C=O) groups excluding carboxylic acids is 11. The molecular weight excluding hydrogens is 905 g/mol. The van der Waals surface area contributed by atoms with Gasteiger partial charge < -0.3 is 70.6 Å². The highest BCUT2D eigenvalue weighted by Gasteiger charge is 2.36. The normalized spacial score (nSPS) is 22.4. The molecule has 366 valence electrons. The van der Waals surface area contributed by atoms with Crippen molar-refractivity contribution in [3.05, 3.63) is 29.8 Å². The molecule has 11 amide bonds. The minimum Gasteiger partial charge on any atom is -0.508 e. The zero-order valence-corrected chi connectivity index (χ0v) is 38.8. The van der Waals surface area contributed by atoms with E-state index in [0.29, 0.717) is 12.0 Å². The highest BCUT2D eigenvalue weighted by atomic mass is 33.1. The number of nitrogens with one attached hydrogen (secondary N) is 8. The van der Waals surface area contributed by atoms with Crippen molar-refractivity contribution < 1.29 is 57.8 Å². The quantitative estimate of drug-likeness (QED) is 0.0617. The molecule has 0 radical (unpaired) electrons. The molecule has 0 aromatic heterocycles.